The van der Waals surface area contributed by atoms with Crippen LogP contribution in [0, 0.1) is 0 Å². The van der Waals surface area contributed by atoms with Crippen molar-refractivity contribution >= 4 is 21.9 Å². The van der Waals surface area contributed by atoms with E-state index in [1.54, 1.807) is 0 Å². The van der Waals surface area contributed by atoms with Gasteiger partial charge in [0.25, 0.3) is 6.43 Å². The summed E-state index contributed by atoms with van der Waals surface area (Å²) in [6.45, 7) is 0. The molecule has 1 heterocycles. The molecule has 0 bridgehead atoms. The van der Waals surface area contributed by atoms with Crippen molar-refractivity contribution in [2.75, 3.05) is 0 Å². The number of carboxylic acid groups (broad SMARTS) is 1. The number of halogens is 6. The lowest BCUT2D eigenvalue weighted by atomic mass is 10.0. The molecule has 106 valence electrons. The minimum absolute atomic E-state index is 0.342. The molecule has 0 aliphatic heterocycles. The van der Waals surface area contributed by atoms with E-state index in [1.807, 2.05) is 0 Å². The van der Waals surface area contributed by atoms with E-state index in [2.05, 4.69) is 20.9 Å². The van der Waals surface area contributed by atoms with Crippen molar-refractivity contribution < 1.29 is 31.9 Å². The molecule has 0 spiro atoms. The normalized spacial score (nSPS) is 11.9. The minimum Gasteiger partial charge on any atom is -0.481 e. The van der Waals surface area contributed by atoms with E-state index in [-0.39, 0.29) is 5.69 Å². The van der Waals surface area contributed by atoms with Gasteiger partial charge >= 0.3 is 12.1 Å². The standard InChI is InChI=1S/C10H7BrF5NO2/c11-3-6-8(10(14,15)16)5(9(12)13)1-4(17-6)2-7(18)19/h1,9H,2-3H2,(H,18,19). The number of aliphatic carboxylic acids is 1. The van der Waals surface area contributed by atoms with E-state index in [0.717, 1.165) is 0 Å². The molecule has 9 heteroatoms. The van der Waals surface area contributed by atoms with Gasteiger partial charge in [0.2, 0.25) is 0 Å². The predicted octanol–water partition coefficient (Wildman–Crippen LogP) is 3.56. The van der Waals surface area contributed by atoms with Gasteiger partial charge in [0.1, 0.15) is 0 Å². The molecule has 0 radical (unpaired) electrons. The quantitative estimate of drug-likeness (QED) is 0.669. The van der Waals surface area contributed by atoms with Crippen LogP contribution in [0.1, 0.15) is 28.9 Å². The smallest absolute Gasteiger partial charge is 0.418 e. The highest BCUT2D eigenvalue weighted by atomic mass is 79.9. The Morgan fingerprint density at radius 3 is 2.37 bits per heavy atom. The van der Waals surface area contributed by atoms with Crippen molar-refractivity contribution in [2.24, 2.45) is 0 Å². The van der Waals surface area contributed by atoms with Crippen molar-refractivity contribution in [2.45, 2.75) is 24.4 Å². The van der Waals surface area contributed by atoms with E-state index in [1.165, 1.54) is 0 Å². The molecule has 0 saturated heterocycles. The van der Waals surface area contributed by atoms with Crippen LogP contribution < -0.4 is 0 Å². The van der Waals surface area contributed by atoms with E-state index in [9.17, 15) is 26.7 Å². The predicted molar refractivity (Wildman–Crippen MR) is 58.2 cm³/mol. The van der Waals surface area contributed by atoms with Crippen LogP contribution in [0.5, 0.6) is 0 Å². The lowest BCUT2D eigenvalue weighted by molar-refractivity contribution is -0.140. The highest BCUT2D eigenvalue weighted by Crippen LogP contribution is 2.39. The van der Waals surface area contributed by atoms with Gasteiger partial charge < -0.3 is 5.11 Å². The maximum absolute atomic E-state index is 12.7. The second-order valence-electron chi connectivity index (χ2n) is 3.53. The zero-order chi connectivity index (χ0) is 14.8. The number of nitrogens with zero attached hydrogens (tertiary/aromatic N) is 1. The van der Waals surface area contributed by atoms with Crippen LogP contribution >= 0.6 is 15.9 Å². The first-order valence-electron chi connectivity index (χ1n) is 4.82. The minimum atomic E-state index is -4.98. The summed E-state index contributed by atoms with van der Waals surface area (Å²) in [6.07, 6.45) is -9.08. The molecule has 0 amide bonds. The Morgan fingerprint density at radius 1 is 1.42 bits per heavy atom. The first-order chi connectivity index (χ1) is 8.66. The third-order valence-corrected chi connectivity index (χ3v) is 2.69. The van der Waals surface area contributed by atoms with Gasteiger partial charge in [-0.25, -0.2) is 8.78 Å². The molecule has 0 fully saturated rings. The van der Waals surface area contributed by atoms with Crippen LogP contribution in [0.2, 0.25) is 0 Å². The van der Waals surface area contributed by atoms with Crippen LogP contribution in [0.4, 0.5) is 22.0 Å². The van der Waals surface area contributed by atoms with Crippen LogP contribution in [-0.2, 0) is 22.7 Å². The SMILES string of the molecule is O=C(O)Cc1cc(C(F)F)c(C(F)(F)F)c(CBr)n1. The number of aromatic nitrogens is 1. The Kier molecular flexibility index (Phi) is 4.83. The van der Waals surface area contributed by atoms with Crippen molar-refractivity contribution in [3.63, 3.8) is 0 Å². The van der Waals surface area contributed by atoms with Crippen molar-refractivity contribution in [1.29, 1.82) is 0 Å². The molecule has 19 heavy (non-hydrogen) atoms. The van der Waals surface area contributed by atoms with Crippen molar-refractivity contribution in [1.82, 2.24) is 4.98 Å². The summed E-state index contributed by atoms with van der Waals surface area (Å²) >= 11 is 2.73. The van der Waals surface area contributed by atoms with Gasteiger partial charge in [0.05, 0.1) is 23.4 Å². The summed E-state index contributed by atoms with van der Waals surface area (Å²) in [5.74, 6) is -1.37. The number of pyridine rings is 1. The van der Waals surface area contributed by atoms with Gasteiger partial charge in [-0.2, -0.15) is 13.2 Å². The van der Waals surface area contributed by atoms with Gasteiger partial charge in [-0.15, -0.1) is 0 Å². The molecule has 1 aromatic rings. The maximum atomic E-state index is 12.7. The highest BCUT2D eigenvalue weighted by Gasteiger charge is 2.39. The summed E-state index contributed by atoms with van der Waals surface area (Å²) in [7, 11) is 0. The Bertz CT molecular complexity index is 490. The maximum Gasteiger partial charge on any atom is 0.418 e. The molecule has 0 aliphatic carbocycles. The first kappa shape index (κ1) is 15.8. The van der Waals surface area contributed by atoms with Crippen molar-refractivity contribution in [3.8, 4) is 0 Å². The lowest BCUT2D eigenvalue weighted by Gasteiger charge is -2.16. The fourth-order valence-corrected chi connectivity index (χ4v) is 1.93. The monoisotopic (exact) mass is 347 g/mol. The Labute approximate surface area is 112 Å². The average molecular weight is 348 g/mol. The summed E-state index contributed by atoms with van der Waals surface area (Å²) in [6, 6.07) is 0.480. The van der Waals surface area contributed by atoms with E-state index < -0.39 is 47.1 Å². The third-order valence-electron chi connectivity index (χ3n) is 2.16. The Hall–Kier alpha value is -1.25. The van der Waals surface area contributed by atoms with Gasteiger partial charge in [0.15, 0.2) is 0 Å². The summed E-state index contributed by atoms with van der Waals surface area (Å²) in [5, 5.41) is 8.12. The molecule has 0 unspecified atom stereocenters. The molecular formula is C10H7BrF5NO2. The second-order valence-corrected chi connectivity index (χ2v) is 4.09. The zero-order valence-electron chi connectivity index (χ0n) is 9.14. The summed E-state index contributed by atoms with van der Waals surface area (Å²) < 4.78 is 63.6. The van der Waals surface area contributed by atoms with Crippen LogP contribution in [0.3, 0.4) is 0 Å². The Morgan fingerprint density at radius 2 is 2.00 bits per heavy atom. The molecule has 3 nitrogen and oxygen atoms in total. The fraction of sp³-hybridized carbons (Fsp3) is 0.400. The molecule has 0 saturated carbocycles. The molecule has 1 N–H and O–H groups in total. The number of alkyl halides is 6. The van der Waals surface area contributed by atoms with Crippen LogP contribution in [0.25, 0.3) is 0 Å². The van der Waals surface area contributed by atoms with E-state index in [0.29, 0.717) is 6.07 Å². The molecule has 0 aromatic carbocycles. The zero-order valence-corrected chi connectivity index (χ0v) is 10.7. The van der Waals surface area contributed by atoms with Crippen molar-refractivity contribution in [3.05, 3.63) is 28.6 Å². The fourth-order valence-electron chi connectivity index (χ4n) is 1.52. The van der Waals surface area contributed by atoms with Gasteiger partial charge in [-0.05, 0) is 6.07 Å². The molecule has 0 aliphatic rings. The number of hydrogen-bond donors (Lipinski definition) is 1. The molecular weight excluding hydrogens is 341 g/mol. The van der Waals surface area contributed by atoms with Crippen LogP contribution in [-0.4, -0.2) is 16.1 Å². The highest BCUT2D eigenvalue weighted by molar-refractivity contribution is 9.08. The van der Waals surface area contributed by atoms with Gasteiger partial charge in [-0.1, -0.05) is 15.9 Å². The summed E-state index contributed by atoms with van der Waals surface area (Å²) in [5.41, 5.74) is -3.77. The van der Waals surface area contributed by atoms with Gasteiger partial charge in [0, 0.05) is 10.9 Å². The van der Waals surface area contributed by atoms with Crippen LogP contribution in [0.15, 0.2) is 6.07 Å². The number of rotatable bonds is 4. The molecule has 1 rings (SSSR count). The number of carboxylic acids is 1. The van der Waals surface area contributed by atoms with Gasteiger partial charge in [-0.3, -0.25) is 9.78 Å². The van der Waals surface area contributed by atoms with E-state index >= 15 is 0 Å². The average Bonchev–Trinajstić information content (AvgIpc) is 2.25. The molecule has 0 atom stereocenters. The number of carbonyl (C=O) groups is 1. The summed E-state index contributed by atoms with van der Waals surface area (Å²) in [4.78, 5) is 13.9. The Balaban J connectivity index is 3.49. The largest absolute Gasteiger partial charge is 0.481 e. The first-order valence-corrected chi connectivity index (χ1v) is 5.94. The van der Waals surface area contributed by atoms with E-state index in [4.69, 9.17) is 5.11 Å². The third kappa shape index (κ3) is 3.85. The second kappa shape index (κ2) is 5.81. The lowest BCUT2D eigenvalue weighted by Crippen LogP contribution is -2.16. The molecule has 1 aromatic heterocycles. The number of hydrogen-bond acceptors (Lipinski definition) is 2. The topological polar surface area (TPSA) is 50.2 Å².